The molecule has 236 valence electrons. The predicted octanol–water partition coefficient (Wildman–Crippen LogP) is 5.51. The van der Waals surface area contributed by atoms with Crippen LogP contribution < -0.4 is 20.7 Å². The van der Waals surface area contributed by atoms with Crippen molar-refractivity contribution in [1.29, 1.82) is 5.26 Å². The molecule has 0 aliphatic heterocycles. The van der Waals surface area contributed by atoms with Gasteiger partial charge >= 0.3 is 0 Å². The van der Waals surface area contributed by atoms with E-state index in [4.69, 9.17) is 4.74 Å². The zero-order valence-corrected chi connectivity index (χ0v) is 26.8. The summed E-state index contributed by atoms with van der Waals surface area (Å²) in [5.74, 6) is 3.74. The third kappa shape index (κ3) is 8.90. The van der Waals surface area contributed by atoms with Gasteiger partial charge in [0.2, 0.25) is 5.88 Å². The smallest absolute Gasteiger partial charge is 0.217 e. The molecule has 1 aromatic heterocycles. The molecule has 0 saturated heterocycles. The Kier molecular flexibility index (Phi) is 12.2. The highest BCUT2D eigenvalue weighted by Gasteiger charge is 2.55. The number of aromatic nitrogens is 1. The van der Waals surface area contributed by atoms with Crippen LogP contribution in [0.25, 0.3) is 0 Å². The SMILES string of the molecule is C=CC.COc1ncccc1CNC(C)/N=C\C(C#N)=C(/C)NCC12CC3C[C@H](C1)C(NCC1CCC(O)CC1)[C@@H](C3)C2. The van der Waals surface area contributed by atoms with Crippen molar-refractivity contribution < 1.29 is 9.84 Å². The van der Waals surface area contributed by atoms with E-state index in [0.717, 1.165) is 73.7 Å². The summed E-state index contributed by atoms with van der Waals surface area (Å²) in [7, 11) is 1.62. The maximum atomic E-state index is 9.86. The minimum atomic E-state index is -0.146. The zero-order chi connectivity index (χ0) is 30.8. The average Bonchev–Trinajstić information content (AvgIpc) is 3.00. The Balaban J connectivity index is 0.00000135. The van der Waals surface area contributed by atoms with Crippen LogP contribution in [0.1, 0.15) is 84.1 Å². The predicted molar refractivity (Wildman–Crippen MR) is 174 cm³/mol. The van der Waals surface area contributed by atoms with Crippen molar-refractivity contribution in [1.82, 2.24) is 20.9 Å². The normalized spacial score (nSPS) is 32.3. The second-order valence-corrected chi connectivity index (χ2v) is 13.5. The van der Waals surface area contributed by atoms with E-state index in [9.17, 15) is 10.4 Å². The summed E-state index contributed by atoms with van der Waals surface area (Å²) in [5.41, 5.74) is 2.83. The van der Waals surface area contributed by atoms with Crippen LogP contribution in [-0.4, -0.2) is 54.8 Å². The van der Waals surface area contributed by atoms with Crippen molar-refractivity contribution >= 4 is 6.21 Å². The molecule has 4 N–H and O–H groups in total. The minimum absolute atomic E-state index is 0.0720. The molecule has 5 fully saturated rings. The molecule has 5 saturated carbocycles. The molecule has 0 amide bonds. The zero-order valence-electron chi connectivity index (χ0n) is 26.8. The first-order chi connectivity index (χ1) is 20.8. The molecule has 5 aliphatic rings. The molecular weight excluding hydrogens is 536 g/mol. The number of pyridine rings is 1. The monoisotopic (exact) mass is 590 g/mol. The Hall–Kier alpha value is -2.73. The molecule has 6 rings (SSSR count). The Morgan fingerprint density at radius 2 is 1.95 bits per heavy atom. The Labute approximate surface area is 259 Å². The molecule has 4 unspecified atom stereocenters. The summed E-state index contributed by atoms with van der Waals surface area (Å²) in [6, 6.07) is 6.89. The lowest BCUT2D eigenvalue weighted by molar-refractivity contribution is -0.0752. The van der Waals surface area contributed by atoms with Gasteiger partial charge in [-0.05, 0) is 120 Å². The van der Waals surface area contributed by atoms with Gasteiger partial charge in [-0.3, -0.25) is 10.3 Å². The molecule has 1 aromatic rings. The quantitative estimate of drug-likeness (QED) is 0.144. The summed E-state index contributed by atoms with van der Waals surface area (Å²) < 4.78 is 5.33. The van der Waals surface area contributed by atoms with Gasteiger partial charge < -0.3 is 20.5 Å². The molecule has 8 nitrogen and oxygen atoms in total. The van der Waals surface area contributed by atoms with Crippen LogP contribution in [0.15, 0.2) is 47.2 Å². The van der Waals surface area contributed by atoms with E-state index in [2.05, 4.69) is 38.6 Å². The highest BCUT2D eigenvalue weighted by atomic mass is 16.5. The number of nitrogens with zero attached hydrogens (tertiary/aromatic N) is 3. The lowest BCUT2D eigenvalue weighted by Gasteiger charge is -2.60. The van der Waals surface area contributed by atoms with Gasteiger partial charge in [0.15, 0.2) is 0 Å². The van der Waals surface area contributed by atoms with Gasteiger partial charge in [-0.25, -0.2) is 4.98 Å². The second-order valence-electron chi connectivity index (χ2n) is 13.5. The summed E-state index contributed by atoms with van der Waals surface area (Å²) in [5, 5.41) is 30.8. The van der Waals surface area contributed by atoms with E-state index >= 15 is 0 Å². The molecule has 8 heteroatoms. The van der Waals surface area contributed by atoms with E-state index in [1.54, 1.807) is 25.6 Å². The average molecular weight is 591 g/mol. The van der Waals surface area contributed by atoms with Crippen molar-refractivity contribution in [3.8, 4) is 11.9 Å². The van der Waals surface area contributed by atoms with Gasteiger partial charge in [-0.1, -0.05) is 12.1 Å². The number of hydrogen-bond donors (Lipinski definition) is 4. The molecule has 4 bridgehead atoms. The van der Waals surface area contributed by atoms with Crippen molar-refractivity contribution in [2.45, 2.75) is 103 Å². The molecule has 0 aromatic carbocycles. The van der Waals surface area contributed by atoms with Crippen LogP contribution in [0.2, 0.25) is 0 Å². The molecule has 6 atom stereocenters. The number of methoxy groups -OCH3 is 1. The van der Waals surface area contributed by atoms with Crippen LogP contribution in [0.3, 0.4) is 0 Å². The van der Waals surface area contributed by atoms with E-state index in [1.807, 2.05) is 32.9 Å². The van der Waals surface area contributed by atoms with Crippen molar-refractivity contribution in [2.75, 3.05) is 20.2 Å². The highest BCUT2D eigenvalue weighted by molar-refractivity contribution is 5.84. The third-order valence-electron chi connectivity index (χ3n) is 10.2. The van der Waals surface area contributed by atoms with Crippen molar-refractivity contribution in [3.05, 3.63) is 47.8 Å². The number of aliphatic hydroxyl groups excluding tert-OH is 1. The van der Waals surface area contributed by atoms with E-state index < -0.39 is 0 Å². The fraction of sp³-hybridized carbons (Fsp3) is 0.686. The standard InChI is InChI=1S/C32H48N6O2.C3H6/c1-21(28(16-33)19-36-22(2)35-18-25-5-4-10-34-31(25)40-3)38-20-32-13-24-11-26(14-32)30(27(12-24)15-32)37-17-23-6-8-29(39)9-7-23;1-3-2/h4-5,10,19,22-24,26-27,29-30,35,37-39H,6-9,11-15,17-18,20H2,1-3H3;3H,1H2,2H3/b28-21+,36-19-;/t22?,23?,24?,26-,27+,29?,30?,32?;. The van der Waals surface area contributed by atoms with Crippen LogP contribution >= 0.6 is 0 Å². The Bertz CT molecular complexity index is 1140. The number of allylic oxidation sites excluding steroid dienone is 3. The van der Waals surface area contributed by atoms with E-state index in [0.29, 0.717) is 29.5 Å². The lowest BCUT2D eigenvalue weighted by Crippen LogP contribution is -2.60. The summed E-state index contributed by atoms with van der Waals surface area (Å²) in [6.45, 7) is 11.9. The molecule has 1 heterocycles. The molecule has 0 spiro atoms. The van der Waals surface area contributed by atoms with E-state index in [-0.39, 0.29) is 12.3 Å². The topological polar surface area (TPSA) is 115 Å². The van der Waals surface area contributed by atoms with Crippen LogP contribution in [0.4, 0.5) is 0 Å². The number of nitriles is 1. The van der Waals surface area contributed by atoms with Gasteiger partial charge in [0.25, 0.3) is 0 Å². The maximum Gasteiger partial charge on any atom is 0.217 e. The van der Waals surface area contributed by atoms with Crippen molar-refractivity contribution in [2.24, 2.45) is 34.1 Å². The van der Waals surface area contributed by atoms with Gasteiger partial charge in [-0.15, -0.1) is 6.58 Å². The highest BCUT2D eigenvalue weighted by Crippen LogP contribution is 2.59. The summed E-state index contributed by atoms with van der Waals surface area (Å²) >= 11 is 0. The first-order valence-electron chi connectivity index (χ1n) is 16.4. The van der Waals surface area contributed by atoms with Crippen LogP contribution in [-0.2, 0) is 6.54 Å². The van der Waals surface area contributed by atoms with Gasteiger partial charge in [-0.2, -0.15) is 5.26 Å². The van der Waals surface area contributed by atoms with Crippen molar-refractivity contribution in [3.63, 3.8) is 0 Å². The van der Waals surface area contributed by atoms with Crippen LogP contribution in [0, 0.1) is 40.4 Å². The van der Waals surface area contributed by atoms with Gasteiger partial charge in [0, 0.05) is 42.8 Å². The minimum Gasteiger partial charge on any atom is -0.481 e. The maximum absolute atomic E-state index is 9.86. The summed E-state index contributed by atoms with van der Waals surface area (Å²) in [6.07, 6.45) is 15.9. The lowest BCUT2D eigenvalue weighted by atomic mass is 9.48. The van der Waals surface area contributed by atoms with Gasteiger partial charge in [0.05, 0.1) is 25.0 Å². The molecule has 0 radical (unpaired) electrons. The Morgan fingerprint density at radius 1 is 1.26 bits per heavy atom. The second kappa shape index (κ2) is 15.8. The first kappa shape index (κ1) is 33.2. The number of nitrogens with one attached hydrogen (secondary N) is 3. The number of aliphatic hydroxyl groups is 1. The first-order valence-corrected chi connectivity index (χ1v) is 16.4. The molecular formula is C35H54N6O2. The summed E-state index contributed by atoms with van der Waals surface area (Å²) in [4.78, 5) is 8.83. The van der Waals surface area contributed by atoms with Crippen LogP contribution in [0.5, 0.6) is 5.88 Å². The fourth-order valence-electron chi connectivity index (χ4n) is 8.26. The van der Waals surface area contributed by atoms with Gasteiger partial charge in [0.1, 0.15) is 6.07 Å². The number of hydrogen-bond acceptors (Lipinski definition) is 8. The number of aliphatic imine (C=N–C) groups is 1. The number of ether oxygens (including phenoxy) is 1. The Morgan fingerprint density at radius 3 is 2.60 bits per heavy atom. The third-order valence-corrected chi connectivity index (χ3v) is 10.2. The number of rotatable bonds is 12. The largest absolute Gasteiger partial charge is 0.481 e. The molecule has 43 heavy (non-hydrogen) atoms. The van der Waals surface area contributed by atoms with E-state index in [1.165, 1.54) is 32.1 Å². The molecule has 5 aliphatic carbocycles. The fourth-order valence-corrected chi connectivity index (χ4v) is 8.26.